The van der Waals surface area contributed by atoms with E-state index in [4.69, 9.17) is 0 Å². The summed E-state index contributed by atoms with van der Waals surface area (Å²) in [6, 6.07) is 0. The third-order valence-corrected chi connectivity index (χ3v) is 3.87. The molecule has 0 bridgehead atoms. The number of rotatable bonds is 5. The molecule has 4 nitrogen and oxygen atoms in total. The summed E-state index contributed by atoms with van der Waals surface area (Å²) in [4.78, 5) is 14.0. The van der Waals surface area contributed by atoms with Gasteiger partial charge in [0.15, 0.2) is 0 Å². The molecule has 1 heterocycles. The van der Waals surface area contributed by atoms with E-state index in [9.17, 15) is 4.79 Å². The highest BCUT2D eigenvalue weighted by atomic mass is 32.2. The average Bonchev–Trinajstić information content (AvgIpc) is 2.27. The van der Waals surface area contributed by atoms with Crippen LogP contribution >= 0.6 is 11.8 Å². The maximum absolute atomic E-state index is 11.6. The van der Waals surface area contributed by atoms with Crippen LogP contribution in [0.4, 0.5) is 0 Å². The first-order valence-electron chi connectivity index (χ1n) is 6.31. The number of thioether (sulfide) groups is 1. The Balaban J connectivity index is 2.03. The molecule has 0 unspecified atom stereocenters. The molecular formula is C12H25N3OS. The molecule has 17 heavy (non-hydrogen) atoms. The minimum absolute atomic E-state index is 0.153. The fourth-order valence-corrected chi connectivity index (χ4v) is 2.29. The summed E-state index contributed by atoms with van der Waals surface area (Å²) in [6.07, 6.45) is 0. The third-order valence-electron chi connectivity index (χ3n) is 2.60. The van der Waals surface area contributed by atoms with Gasteiger partial charge in [-0.25, -0.2) is 0 Å². The molecule has 5 heteroatoms. The van der Waals surface area contributed by atoms with Crippen LogP contribution in [-0.4, -0.2) is 60.6 Å². The van der Waals surface area contributed by atoms with Crippen LogP contribution in [0, 0.1) is 0 Å². The number of amides is 1. The topological polar surface area (TPSA) is 44.4 Å². The molecule has 1 rings (SSSR count). The molecule has 0 aromatic carbocycles. The van der Waals surface area contributed by atoms with E-state index in [0.717, 1.165) is 39.3 Å². The fourth-order valence-electron chi connectivity index (χ4n) is 1.62. The number of carbonyl (C=O) groups excluding carboxylic acids is 1. The molecule has 1 amide bonds. The Morgan fingerprint density at radius 1 is 1.35 bits per heavy atom. The van der Waals surface area contributed by atoms with Crippen LogP contribution in [0.5, 0.6) is 0 Å². The smallest absolute Gasteiger partial charge is 0.230 e. The van der Waals surface area contributed by atoms with Crippen molar-refractivity contribution in [2.24, 2.45) is 0 Å². The predicted octanol–water partition coefficient (Wildman–Crippen LogP) is 0.540. The van der Waals surface area contributed by atoms with Crippen LogP contribution in [-0.2, 0) is 4.79 Å². The SMILES string of the molecule is CC(C)(C)SCC(=O)NCCN1CCNCC1. The zero-order valence-electron chi connectivity index (χ0n) is 11.2. The Morgan fingerprint density at radius 3 is 2.59 bits per heavy atom. The summed E-state index contributed by atoms with van der Waals surface area (Å²) in [5, 5.41) is 6.30. The van der Waals surface area contributed by atoms with E-state index in [2.05, 4.69) is 36.3 Å². The van der Waals surface area contributed by atoms with Crippen molar-refractivity contribution in [2.75, 3.05) is 45.0 Å². The molecule has 1 aliphatic heterocycles. The van der Waals surface area contributed by atoms with Crippen molar-refractivity contribution < 1.29 is 4.79 Å². The lowest BCUT2D eigenvalue weighted by molar-refractivity contribution is -0.118. The lowest BCUT2D eigenvalue weighted by Gasteiger charge is -2.27. The molecule has 0 radical (unpaired) electrons. The van der Waals surface area contributed by atoms with Gasteiger partial charge in [-0.05, 0) is 0 Å². The predicted molar refractivity (Wildman–Crippen MR) is 74.5 cm³/mol. The maximum atomic E-state index is 11.6. The summed E-state index contributed by atoms with van der Waals surface area (Å²) >= 11 is 1.69. The zero-order chi connectivity index (χ0) is 12.7. The van der Waals surface area contributed by atoms with Crippen LogP contribution in [0.25, 0.3) is 0 Å². The van der Waals surface area contributed by atoms with Crippen molar-refractivity contribution in [2.45, 2.75) is 25.5 Å². The molecule has 1 fully saturated rings. The van der Waals surface area contributed by atoms with Crippen molar-refractivity contribution in [3.8, 4) is 0 Å². The van der Waals surface area contributed by atoms with Crippen LogP contribution in [0.1, 0.15) is 20.8 Å². The maximum Gasteiger partial charge on any atom is 0.230 e. The van der Waals surface area contributed by atoms with E-state index in [1.807, 2.05) is 0 Å². The average molecular weight is 259 g/mol. The number of nitrogens with zero attached hydrogens (tertiary/aromatic N) is 1. The van der Waals surface area contributed by atoms with Crippen molar-refractivity contribution in [3.63, 3.8) is 0 Å². The summed E-state index contributed by atoms with van der Waals surface area (Å²) in [5.41, 5.74) is 0. The van der Waals surface area contributed by atoms with Crippen molar-refractivity contribution in [1.29, 1.82) is 0 Å². The Kier molecular flexibility index (Phi) is 6.30. The Labute approximate surface area is 109 Å². The van der Waals surface area contributed by atoms with Gasteiger partial charge in [-0.15, -0.1) is 11.8 Å². The van der Waals surface area contributed by atoms with Crippen LogP contribution in [0.3, 0.4) is 0 Å². The molecule has 0 spiro atoms. The number of hydrogen-bond acceptors (Lipinski definition) is 4. The molecule has 2 N–H and O–H groups in total. The summed E-state index contributed by atoms with van der Waals surface area (Å²) in [5.74, 6) is 0.713. The Hall–Kier alpha value is -0.260. The van der Waals surface area contributed by atoms with E-state index in [1.165, 1.54) is 0 Å². The monoisotopic (exact) mass is 259 g/mol. The molecule has 0 aliphatic carbocycles. The molecule has 0 atom stereocenters. The summed E-state index contributed by atoms with van der Waals surface area (Å²) in [7, 11) is 0. The Bertz CT molecular complexity index is 234. The second-order valence-electron chi connectivity index (χ2n) is 5.34. The number of carbonyl (C=O) groups is 1. The first-order chi connectivity index (χ1) is 7.97. The van der Waals surface area contributed by atoms with Gasteiger partial charge in [0.2, 0.25) is 5.91 Å². The van der Waals surface area contributed by atoms with Gasteiger partial charge in [0.05, 0.1) is 5.75 Å². The first kappa shape index (κ1) is 14.8. The van der Waals surface area contributed by atoms with Gasteiger partial charge in [-0.1, -0.05) is 20.8 Å². The third kappa shape index (κ3) is 7.63. The van der Waals surface area contributed by atoms with Crippen molar-refractivity contribution in [1.82, 2.24) is 15.5 Å². The van der Waals surface area contributed by atoms with Gasteiger partial charge >= 0.3 is 0 Å². The molecule has 100 valence electrons. The molecule has 0 saturated carbocycles. The van der Waals surface area contributed by atoms with Gasteiger partial charge in [0, 0.05) is 44.0 Å². The molecule has 0 aromatic heterocycles. The largest absolute Gasteiger partial charge is 0.354 e. The molecule has 1 aliphatic rings. The second kappa shape index (κ2) is 7.24. The van der Waals surface area contributed by atoms with Crippen LogP contribution < -0.4 is 10.6 Å². The van der Waals surface area contributed by atoms with Gasteiger partial charge < -0.3 is 10.6 Å². The number of hydrogen-bond donors (Lipinski definition) is 2. The van der Waals surface area contributed by atoms with Crippen LogP contribution in [0.2, 0.25) is 0 Å². The Morgan fingerprint density at radius 2 is 2.00 bits per heavy atom. The summed E-state index contributed by atoms with van der Waals surface area (Å²) in [6.45, 7) is 12.4. The van der Waals surface area contributed by atoms with Crippen LogP contribution in [0.15, 0.2) is 0 Å². The quantitative estimate of drug-likeness (QED) is 0.756. The second-order valence-corrected chi connectivity index (χ2v) is 7.14. The molecule has 1 saturated heterocycles. The van der Waals surface area contributed by atoms with Gasteiger partial charge in [0.1, 0.15) is 0 Å². The van der Waals surface area contributed by atoms with E-state index < -0.39 is 0 Å². The number of piperazine rings is 1. The first-order valence-corrected chi connectivity index (χ1v) is 7.30. The highest BCUT2D eigenvalue weighted by Crippen LogP contribution is 2.22. The van der Waals surface area contributed by atoms with Crippen molar-refractivity contribution in [3.05, 3.63) is 0 Å². The lowest BCUT2D eigenvalue weighted by Crippen LogP contribution is -2.46. The summed E-state index contributed by atoms with van der Waals surface area (Å²) < 4.78 is 0.163. The van der Waals surface area contributed by atoms with Gasteiger partial charge in [-0.3, -0.25) is 9.69 Å². The highest BCUT2D eigenvalue weighted by Gasteiger charge is 2.13. The highest BCUT2D eigenvalue weighted by molar-refractivity contribution is 8.01. The van der Waals surface area contributed by atoms with Crippen molar-refractivity contribution >= 4 is 17.7 Å². The minimum Gasteiger partial charge on any atom is -0.354 e. The van der Waals surface area contributed by atoms with E-state index in [1.54, 1.807) is 11.8 Å². The minimum atomic E-state index is 0.153. The van der Waals surface area contributed by atoms with Gasteiger partial charge in [0.25, 0.3) is 0 Å². The number of nitrogens with one attached hydrogen (secondary N) is 2. The van der Waals surface area contributed by atoms with E-state index >= 15 is 0 Å². The zero-order valence-corrected chi connectivity index (χ0v) is 12.0. The standard InChI is InChI=1S/C12H25N3OS/c1-12(2,3)17-10-11(16)14-6-9-15-7-4-13-5-8-15/h13H,4-10H2,1-3H3,(H,14,16). The van der Waals surface area contributed by atoms with Gasteiger partial charge in [-0.2, -0.15) is 0 Å². The lowest BCUT2D eigenvalue weighted by atomic mass is 10.3. The fraction of sp³-hybridized carbons (Fsp3) is 0.917. The van der Waals surface area contributed by atoms with E-state index in [0.29, 0.717) is 5.75 Å². The van der Waals surface area contributed by atoms with E-state index in [-0.39, 0.29) is 10.7 Å². The molecule has 0 aromatic rings. The molecular weight excluding hydrogens is 234 g/mol. The normalized spacial score (nSPS) is 18.1.